The first-order valence-electron chi connectivity index (χ1n) is 10.6. The molecule has 1 heterocycles. The van der Waals surface area contributed by atoms with Gasteiger partial charge in [0.15, 0.2) is 5.82 Å². The fourth-order valence-corrected chi connectivity index (χ4v) is 4.80. The number of carbonyl (C=O) groups is 1. The standard InChI is InChI=1S/C24H19ClF3N5O3S/c1-32(2)14-29-37(35,36)21-12-16(8-10-18(21)25)23(34)31-33-20-11-9-17(24(26,27)28)13-19(20)30-22(33)15-6-4-3-5-7-15/h3-14H,1-2H3,(H,31,34). The van der Waals surface area contributed by atoms with Crippen molar-refractivity contribution >= 4 is 44.9 Å². The minimum absolute atomic E-state index is 0.00590. The summed E-state index contributed by atoms with van der Waals surface area (Å²) in [5.41, 5.74) is 2.39. The molecule has 0 saturated carbocycles. The van der Waals surface area contributed by atoms with Crippen LogP contribution >= 0.6 is 11.6 Å². The second-order valence-electron chi connectivity index (χ2n) is 8.08. The maximum Gasteiger partial charge on any atom is 0.416 e. The number of sulfonamides is 1. The molecule has 0 radical (unpaired) electrons. The lowest BCUT2D eigenvalue weighted by molar-refractivity contribution is -0.137. The predicted molar refractivity (Wildman–Crippen MR) is 135 cm³/mol. The number of rotatable bonds is 6. The number of halogens is 4. The van der Waals surface area contributed by atoms with E-state index in [9.17, 15) is 26.4 Å². The van der Waals surface area contributed by atoms with Crippen molar-refractivity contribution in [2.24, 2.45) is 4.40 Å². The van der Waals surface area contributed by atoms with Crippen LogP contribution in [0.2, 0.25) is 5.02 Å². The number of nitrogens with one attached hydrogen (secondary N) is 1. The molecular weight excluding hydrogens is 531 g/mol. The van der Waals surface area contributed by atoms with Crippen LogP contribution in [0.15, 0.2) is 76.0 Å². The van der Waals surface area contributed by atoms with Crippen LogP contribution in [-0.4, -0.2) is 49.3 Å². The Morgan fingerprint density at radius 2 is 1.78 bits per heavy atom. The van der Waals surface area contributed by atoms with Crippen molar-refractivity contribution in [2.45, 2.75) is 11.1 Å². The number of benzene rings is 3. The Kier molecular flexibility index (Phi) is 6.98. The van der Waals surface area contributed by atoms with E-state index >= 15 is 0 Å². The van der Waals surface area contributed by atoms with Crippen molar-refractivity contribution in [3.8, 4) is 11.4 Å². The molecule has 0 unspecified atom stereocenters. The lowest BCUT2D eigenvalue weighted by atomic mass is 10.2. The van der Waals surface area contributed by atoms with Crippen LogP contribution in [0.4, 0.5) is 13.2 Å². The van der Waals surface area contributed by atoms with Crippen molar-refractivity contribution in [1.82, 2.24) is 14.6 Å². The molecule has 8 nitrogen and oxygen atoms in total. The number of hydrogen-bond acceptors (Lipinski definition) is 4. The summed E-state index contributed by atoms with van der Waals surface area (Å²) in [5.74, 6) is -0.568. The molecule has 0 atom stereocenters. The van der Waals surface area contributed by atoms with Gasteiger partial charge in [0.05, 0.1) is 21.6 Å². The number of imidazole rings is 1. The predicted octanol–water partition coefficient (Wildman–Crippen LogP) is 5.04. The molecule has 3 aromatic carbocycles. The fourth-order valence-electron chi connectivity index (χ4n) is 3.37. The Morgan fingerprint density at radius 3 is 2.43 bits per heavy atom. The SMILES string of the molecule is CN(C)C=NS(=O)(=O)c1cc(C(=O)Nn2c(-c3ccccc3)nc3cc(C(F)(F)F)ccc32)ccc1Cl. The summed E-state index contributed by atoms with van der Waals surface area (Å²) in [6.07, 6.45) is -3.49. The van der Waals surface area contributed by atoms with Gasteiger partial charge in [0, 0.05) is 25.2 Å². The third-order valence-corrected chi connectivity index (χ3v) is 6.82. The molecule has 0 spiro atoms. The highest BCUT2D eigenvalue weighted by Crippen LogP contribution is 2.33. The van der Waals surface area contributed by atoms with Crippen molar-refractivity contribution in [1.29, 1.82) is 0 Å². The highest BCUT2D eigenvalue weighted by Gasteiger charge is 2.31. The minimum atomic E-state index is -4.58. The molecule has 0 aliphatic heterocycles. The van der Waals surface area contributed by atoms with E-state index in [2.05, 4.69) is 14.8 Å². The third kappa shape index (κ3) is 5.59. The van der Waals surface area contributed by atoms with E-state index in [1.807, 2.05) is 0 Å². The lowest BCUT2D eigenvalue weighted by Crippen LogP contribution is -2.24. The Morgan fingerprint density at radius 1 is 1.08 bits per heavy atom. The quantitative estimate of drug-likeness (QED) is 0.268. The fraction of sp³-hybridized carbons (Fsp3) is 0.125. The first-order valence-corrected chi connectivity index (χ1v) is 12.4. The molecule has 192 valence electrons. The molecule has 1 N–H and O–H groups in total. The summed E-state index contributed by atoms with van der Waals surface area (Å²) in [4.78, 5) is 18.6. The summed E-state index contributed by atoms with van der Waals surface area (Å²) >= 11 is 6.07. The number of carbonyl (C=O) groups excluding carboxylic acids is 1. The van der Waals surface area contributed by atoms with Gasteiger partial charge < -0.3 is 4.90 Å². The zero-order valence-corrected chi connectivity index (χ0v) is 20.9. The van der Waals surface area contributed by atoms with Gasteiger partial charge in [0.2, 0.25) is 0 Å². The van der Waals surface area contributed by atoms with Crippen LogP contribution in [0.5, 0.6) is 0 Å². The molecule has 0 saturated heterocycles. The van der Waals surface area contributed by atoms with Crippen LogP contribution in [0.25, 0.3) is 22.4 Å². The van der Waals surface area contributed by atoms with Gasteiger partial charge in [-0.1, -0.05) is 41.9 Å². The average molecular weight is 550 g/mol. The highest BCUT2D eigenvalue weighted by atomic mass is 35.5. The number of amides is 1. The number of alkyl halides is 3. The number of hydrogen-bond donors (Lipinski definition) is 1. The molecule has 0 aliphatic rings. The molecule has 4 rings (SSSR count). The summed E-state index contributed by atoms with van der Waals surface area (Å²) in [7, 11) is -1.05. The molecular formula is C24H19ClF3N5O3S. The van der Waals surface area contributed by atoms with Gasteiger partial charge in [0.25, 0.3) is 15.9 Å². The van der Waals surface area contributed by atoms with Crippen LogP contribution in [-0.2, 0) is 16.2 Å². The lowest BCUT2D eigenvalue weighted by Gasteiger charge is -2.13. The number of nitrogens with zero attached hydrogens (tertiary/aromatic N) is 4. The highest BCUT2D eigenvalue weighted by molar-refractivity contribution is 7.90. The average Bonchev–Trinajstić information content (AvgIpc) is 3.20. The van der Waals surface area contributed by atoms with Gasteiger partial charge in [-0.05, 0) is 36.4 Å². The summed E-state index contributed by atoms with van der Waals surface area (Å²) < 4.78 is 69.8. The van der Waals surface area contributed by atoms with Gasteiger partial charge in [-0.2, -0.15) is 21.6 Å². The second kappa shape index (κ2) is 9.87. The monoisotopic (exact) mass is 549 g/mol. The molecule has 4 aromatic rings. The molecule has 37 heavy (non-hydrogen) atoms. The van der Waals surface area contributed by atoms with Crippen molar-refractivity contribution in [3.05, 3.63) is 82.9 Å². The summed E-state index contributed by atoms with van der Waals surface area (Å²) in [5, 5.41) is -0.134. The largest absolute Gasteiger partial charge is 0.416 e. The van der Waals surface area contributed by atoms with Gasteiger partial charge in [-0.15, -0.1) is 4.40 Å². The zero-order chi connectivity index (χ0) is 27.0. The van der Waals surface area contributed by atoms with Crippen LogP contribution < -0.4 is 5.43 Å². The number of aromatic nitrogens is 2. The van der Waals surface area contributed by atoms with Crippen molar-refractivity contribution in [3.63, 3.8) is 0 Å². The number of fused-ring (bicyclic) bond motifs is 1. The van der Waals surface area contributed by atoms with E-state index < -0.39 is 27.7 Å². The van der Waals surface area contributed by atoms with E-state index in [-0.39, 0.29) is 32.3 Å². The maximum atomic E-state index is 13.3. The summed E-state index contributed by atoms with van der Waals surface area (Å²) in [6, 6.07) is 15.2. The Balaban J connectivity index is 1.79. The molecule has 13 heteroatoms. The van der Waals surface area contributed by atoms with Gasteiger partial charge >= 0.3 is 6.18 Å². The first-order chi connectivity index (χ1) is 17.4. The molecule has 1 amide bonds. The van der Waals surface area contributed by atoms with Crippen LogP contribution in [0, 0.1) is 0 Å². The molecule has 0 aliphatic carbocycles. The maximum absolute atomic E-state index is 13.3. The van der Waals surface area contributed by atoms with E-state index in [0.717, 1.165) is 24.5 Å². The van der Waals surface area contributed by atoms with E-state index in [0.29, 0.717) is 5.56 Å². The van der Waals surface area contributed by atoms with Gasteiger partial charge in [0.1, 0.15) is 11.2 Å². The summed E-state index contributed by atoms with van der Waals surface area (Å²) in [6.45, 7) is 0. The smallest absolute Gasteiger partial charge is 0.368 e. The molecule has 0 bridgehead atoms. The van der Waals surface area contributed by atoms with Crippen molar-refractivity contribution < 1.29 is 26.4 Å². The van der Waals surface area contributed by atoms with E-state index in [1.165, 1.54) is 27.8 Å². The Hall–Kier alpha value is -3.90. The van der Waals surface area contributed by atoms with Crippen molar-refractivity contribution in [2.75, 3.05) is 19.5 Å². The zero-order valence-electron chi connectivity index (χ0n) is 19.4. The van der Waals surface area contributed by atoms with E-state index in [1.54, 1.807) is 44.4 Å². The van der Waals surface area contributed by atoms with E-state index in [4.69, 9.17) is 11.6 Å². The normalized spacial score (nSPS) is 12.3. The van der Waals surface area contributed by atoms with Gasteiger partial charge in [-0.3, -0.25) is 10.2 Å². The third-order valence-electron chi connectivity index (χ3n) is 5.12. The molecule has 1 aromatic heterocycles. The Bertz CT molecular complexity index is 1620. The topological polar surface area (TPSA) is 96.7 Å². The Labute approximate surface area is 215 Å². The first kappa shape index (κ1) is 26.2. The van der Waals surface area contributed by atoms with Gasteiger partial charge in [-0.25, -0.2) is 9.66 Å². The second-order valence-corrected chi connectivity index (χ2v) is 10.1. The minimum Gasteiger partial charge on any atom is -0.368 e. The van der Waals surface area contributed by atoms with Crippen LogP contribution in [0.3, 0.4) is 0 Å². The molecule has 0 fully saturated rings. The van der Waals surface area contributed by atoms with Crippen LogP contribution in [0.1, 0.15) is 15.9 Å².